The predicted molar refractivity (Wildman–Crippen MR) is 138 cm³/mol. The third kappa shape index (κ3) is 6.25. The molecule has 0 aliphatic carbocycles. The van der Waals surface area contributed by atoms with Crippen molar-refractivity contribution in [3.63, 3.8) is 0 Å². The van der Waals surface area contributed by atoms with E-state index in [0.29, 0.717) is 51.4 Å². The molecule has 198 valence electrons. The molecular formula is C27H41N5O4. The van der Waals surface area contributed by atoms with Crippen LogP contribution in [-0.2, 0) is 14.3 Å². The molecule has 0 saturated carbocycles. The van der Waals surface area contributed by atoms with Gasteiger partial charge >= 0.3 is 0 Å². The van der Waals surface area contributed by atoms with Crippen LogP contribution in [0.1, 0.15) is 36.2 Å². The smallest absolute Gasteiger partial charge is 0.254 e. The first-order chi connectivity index (χ1) is 17.3. The van der Waals surface area contributed by atoms with Gasteiger partial charge in [-0.25, -0.2) is 0 Å². The molecule has 2 unspecified atom stereocenters. The lowest BCUT2D eigenvalue weighted by Crippen LogP contribution is -2.53. The first kappa shape index (κ1) is 26.6. The summed E-state index contributed by atoms with van der Waals surface area (Å²) in [5.74, 6) is -0.231. The molecule has 36 heavy (non-hydrogen) atoms. The monoisotopic (exact) mass is 499 g/mol. The molecule has 3 heterocycles. The van der Waals surface area contributed by atoms with Gasteiger partial charge in [-0.15, -0.1) is 0 Å². The lowest BCUT2D eigenvalue weighted by Gasteiger charge is -2.34. The van der Waals surface area contributed by atoms with Gasteiger partial charge in [0.2, 0.25) is 11.8 Å². The summed E-state index contributed by atoms with van der Waals surface area (Å²) >= 11 is 0. The summed E-state index contributed by atoms with van der Waals surface area (Å²) < 4.78 is 5.47. The molecule has 1 N–H and O–H groups in total. The minimum Gasteiger partial charge on any atom is -0.379 e. The van der Waals surface area contributed by atoms with Crippen LogP contribution in [0.5, 0.6) is 0 Å². The van der Waals surface area contributed by atoms with E-state index in [-0.39, 0.29) is 29.7 Å². The number of nitrogens with zero attached hydrogens (tertiary/aromatic N) is 4. The summed E-state index contributed by atoms with van der Waals surface area (Å²) in [6, 6.07) is 6.75. The zero-order valence-corrected chi connectivity index (χ0v) is 21.9. The SMILES string of the molecule is Cc1ccc(C(=O)N2CC(N(CCN3CCOCC3)C(=O)C(C)C)CC2C(=O)N2CCNCC2)cc1. The van der Waals surface area contributed by atoms with Crippen molar-refractivity contribution in [2.75, 3.05) is 72.1 Å². The van der Waals surface area contributed by atoms with Crippen LogP contribution >= 0.6 is 0 Å². The highest BCUT2D eigenvalue weighted by Crippen LogP contribution is 2.27. The van der Waals surface area contributed by atoms with Gasteiger partial charge < -0.3 is 24.8 Å². The van der Waals surface area contributed by atoms with Gasteiger partial charge in [-0.3, -0.25) is 19.3 Å². The topological polar surface area (TPSA) is 85.4 Å². The molecule has 0 radical (unpaired) electrons. The Morgan fingerprint density at radius 3 is 2.36 bits per heavy atom. The number of aryl methyl sites for hydroxylation is 1. The van der Waals surface area contributed by atoms with E-state index in [1.165, 1.54) is 0 Å². The fourth-order valence-electron chi connectivity index (χ4n) is 5.33. The Kier molecular flexibility index (Phi) is 8.98. The normalized spacial score (nSPS) is 23.2. The van der Waals surface area contributed by atoms with Crippen molar-refractivity contribution in [2.45, 2.75) is 39.3 Å². The molecular weight excluding hydrogens is 458 g/mol. The maximum absolute atomic E-state index is 13.7. The Bertz CT molecular complexity index is 909. The summed E-state index contributed by atoms with van der Waals surface area (Å²) in [5, 5.41) is 3.29. The van der Waals surface area contributed by atoms with Crippen LogP contribution < -0.4 is 5.32 Å². The van der Waals surface area contributed by atoms with Gasteiger partial charge in [0.1, 0.15) is 6.04 Å². The molecule has 3 aliphatic heterocycles. The van der Waals surface area contributed by atoms with E-state index in [0.717, 1.165) is 38.3 Å². The van der Waals surface area contributed by atoms with Crippen molar-refractivity contribution in [2.24, 2.45) is 5.92 Å². The summed E-state index contributed by atoms with van der Waals surface area (Å²) in [4.78, 5) is 48.5. The molecule has 1 aromatic rings. The Balaban J connectivity index is 1.56. The number of hydrogen-bond donors (Lipinski definition) is 1. The summed E-state index contributed by atoms with van der Waals surface area (Å²) in [7, 11) is 0. The van der Waals surface area contributed by atoms with E-state index in [1.54, 1.807) is 4.90 Å². The Morgan fingerprint density at radius 2 is 1.72 bits per heavy atom. The van der Waals surface area contributed by atoms with Crippen LogP contribution in [0.25, 0.3) is 0 Å². The van der Waals surface area contributed by atoms with Crippen LogP contribution in [0, 0.1) is 12.8 Å². The maximum Gasteiger partial charge on any atom is 0.254 e. The second kappa shape index (κ2) is 12.2. The van der Waals surface area contributed by atoms with Crippen molar-refractivity contribution in [1.29, 1.82) is 0 Å². The van der Waals surface area contributed by atoms with Crippen molar-refractivity contribution >= 4 is 17.7 Å². The number of amides is 3. The second-order valence-corrected chi connectivity index (χ2v) is 10.4. The van der Waals surface area contributed by atoms with Gasteiger partial charge in [-0.1, -0.05) is 31.5 Å². The molecule has 0 bridgehead atoms. The number of carbonyl (C=O) groups excluding carboxylic acids is 3. The number of morpholine rings is 1. The van der Waals surface area contributed by atoms with E-state index in [4.69, 9.17) is 4.74 Å². The second-order valence-electron chi connectivity index (χ2n) is 10.4. The van der Waals surface area contributed by atoms with Crippen molar-refractivity contribution in [3.8, 4) is 0 Å². The Labute approximate surface area is 214 Å². The lowest BCUT2D eigenvalue weighted by molar-refractivity contribution is -0.138. The van der Waals surface area contributed by atoms with Crippen molar-refractivity contribution in [3.05, 3.63) is 35.4 Å². The van der Waals surface area contributed by atoms with E-state index in [9.17, 15) is 14.4 Å². The molecule has 3 saturated heterocycles. The first-order valence-corrected chi connectivity index (χ1v) is 13.3. The summed E-state index contributed by atoms with van der Waals surface area (Å²) in [5.41, 5.74) is 1.66. The fraction of sp³-hybridized carbons (Fsp3) is 0.667. The fourth-order valence-corrected chi connectivity index (χ4v) is 5.33. The number of carbonyl (C=O) groups is 3. The minimum absolute atomic E-state index is 0.00964. The maximum atomic E-state index is 13.7. The molecule has 4 rings (SSSR count). The Morgan fingerprint density at radius 1 is 1.06 bits per heavy atom. The third-order valence-electron chi connectivity index (χ3n) is 7.53. The van der Waals surface area contributed by atoms with Crippen molar-refractivity contribution in [1.82, 2.24) is 24.9 Å². The van der Waals surface area contributed by atoms with Gasteiger partial charge in [-0.05, 0) is 25.5 Å². The van der Waals surface area contributed by atoms with Gasteiger partial charge in [0.15, 0.2) is 0 Å². The molecule has 3 fully saturated rings. The molecule has 3 aliphatic rings. The largest absolute Gasteiger partial charge is 0.379 e. The number of piperazine rings is 1. The molecule has 2 atom stereocenters. The highest BCUT2D eigenvalue weighted by atomic mass is 16.5. The number of benzene rings is 1. The molecule has 1 aromatic carbocycles. The van der Waals surface area contributed by atoms with Crippen LogP contribution in [-0.4, -0.2) is 122 Å². The Hall–Kier alpha value is -2.49. The summed E-state index contributed by atoms with van der Waals surface area (Å²) in [6.07, 6.45) is 0.474. The van der Waals surface area contributed by atoms with Crippen LogP contribution in [0.4, 0.5) is 0 Å². The number of rotatable bonds is 7. The number of likely N-dealkylation sites (tertiary alicyclic amines) is 1. The third-order valence-corrected chi connectivity index (χ3v) is 7.53. The molecule has 9 heteroatoms. The predicted octanol–water partition coefficient (Wildman–Crippen LogP) is 0.827. The number of nitrogens with one attached hydrogen (secondary N) is 1. The molecule has 0 spiro atoms. The van der Waals surface area contributed by atoms with Gasteiger partial charge in [0.05, 0.1) is 19.3 Å². The van der Waals surface area contributed by atoms with E-state index < -0.39 is 6.04 Å². The van der Waals surface area contributed by atoms with Crippen LogP contribution in [0.2, 0.25) is 0 Å². The van der Waals surface area contributed by atoms with Crippen molar-refractivity contribution < 1.29 is 19.1 Å². The zero-order valence-electron chi connectivity index (χ0n) is 21.9. The number of hydrogen-bond acceptors (Lipinski definition) is 6. The molecule has 0 aromatic heterocycles. The zero-order chi connectivity index (χ0) is 25.7. The lowest BCUT2D eigenvalue weighted by atomic mass is 10.1. The summed E-state index contributed by atoms with van der Waals surface area (Å²) in [6.45, 7) is 13.5. The average Bonchev–Trinajstić information content (AvgIpc) is 3.34. The molecule has 9 nitrogen and oxygen atoms in total. The van der Waals surface area contributed by atoms with Crippen LogP contribution in [0.15, 0.2) is 24.3 Å². The quantitative estimate of drug-likeness (QED) is 0.598. The first-order valence-electron chi connectivity index (χ1n) is 13.3. The minimum atomic E-state index is -0.562. The van der Waals surface area contributed by atoms with Gasteiger partial charge in [0.25, 0.3) is 5.91 Å². The van der Waals surface area contributed by atoms with E-state index >= 15 is 0 Å². The van der Waals surface area contributed by atoms with Gasteiger partial charge in [-0.2, -0.15) is 0 Å². The number of ether oxygens (including phenoxy) is 1. The highest BCUT2D eigenvalue weighted by molar-refractivity contribution is 5.98. The van der Waals surface area contributed by atoms with E-state index in [2.05, 4.69) is 10.2 Å². The standard InChI is InChI=1S/C27H41N5O4/c1-20(2)25(33)31(13-12-29-14-16-36-17-15-29)23-18-24(27(35)30-10-8-28-9-11-30)32(19-23)26(34)22-6-4-21(3)5-7-22/h4-7,20,23-24,28H,8-19H2,1-3H3. The molecule has 3 amide bonds. The average molecular weight is 500 g/mol. The van der Waals surface area contributed by atoms with E-state index in [1.807, 2.05) is 54.8 Å². The highest BCUT2D eigenvalue weighted by Gasteiger charge is 2.45. The van der Waals surface area contributed by atoms with Crippen LogP contribution in [0.3, 0.4) is 0 Å². The van der Waals surface area contributed by atoms with Gasteiger partial charge in [0, 0.05) is 70.4 Å².